The lowest BCUT2D eigenvalue weighted by Gasteiger charge is -2.38. The number of aryl methyl sites for hydroxylation is 3. The lowest BCUT2D eigenvalue weighted by atomic mass is 9.98. The van der Waals surface area contributed by atoms with Crippen LogP contribution >= 0.6 is 0 Å². The summed E-state index contributed by atoms with van der Waals surface area (Å²) in [5.41, 5.74) is 5.51. The molecule has 1 aromatic carbocycles. The van der Waals surface area contributed by atoms with Crippen LogP contribution in [0.15, 0.2) is 12.1 Å². The third-order valence-electron chi connectivity index (χ3n) is 6.10. The monoisotopic (exact) mass is 437 g/mol. The summed E-state index contributed by atoms with van der Waals surface area (Å²) in [6.07, 6.45) is 6.85. The van der Waals surface area contributed by atoms with E-state index in [1.807, 2.05) is 0 Å². The molecule has 4 nitrogen and oxygen atoms in total. The maximum Gasteiger partial charge on any atom is 0.155 e. The Hall–Kier alpha value is -1.07. The van der Waals surface area contributed by atoms with Crippen LogP contribution in [0.2, 0.25) is 0 Å². The Kier molecular flexibility index (Phi) is 8.81. The summed E-state index contributed by atoms with van der Waals surface area (Å²) in [6, 6.07) is 4.70. The Labute approximate surface area is 185 Å². The molecular formula is C25H43NO3S. The van der Waals surface area contributed by atoms with Gasteiger partial charge in [-0.15, -0.1) is 0 Å². The van der Waals surface area contributed by atoms with E-state index in [9.17, 15) is 8.42 Å². The Morgan fingerprint density at radius 2 is 1.43 bits per heavy atom. The van der Waals surface area contributed by atoms with Crippen molar-refractivity contribution in [1.29, 1.82) is 0 Å². The number of ether oxygens (including phenoxy) is 1. The number of anilines is 1. The predicted molar refractivity (Wildman–Crippen MR) is 128 cm³/mol. The van der Waals surface area contributed by atoms with Crippen LogP contribution < -0.4 is 4.90 Å². The summed E-state index contributed by atoms with van der Waals surface area (Å²) in [5, 5.41) is 0. The van der Waals surface area contributed by atoms with Gasteiger partial charge in [-0.1, -0.05) is 31.4 Å². The zero-order valence-corrected chi connectivity index (χ0v) is 21.1. The largest absolute Gasteiger partial charge is 0.372 e. The van der Waals surface area contributed by atoms with Gasteiger partial charge in [0.1, 0.15) is 0 Å². The van der Waals surface area contributed by atoms with Crippen molar-refractivity contribution >= 4 is 15.5 Å². The van der Waals surface area contributed by atoms with Crippen LogP contribution in [0.5, 0.6) is 0 Å². The van der Waals surface area contributed by atoms with E-state index in [0.717, 1.165) is 51.6 Å². The van der Waals surface area contributed by atoms with Gasteiger partial charge in [-0.2, -0.15) is 0 Å². The molecule has 2 rings (SSSR count). The fourth-order valence-electron chi connectivity index (χ4n) is 4.51. The van der Waals surface area contributed by atoms with E-state index in [0.29, 0.717) is 5.75 Å². The topological polar surface area (TPSA) is 46.6 Å². The van der Waals surface area contributed by atoms with Crippen molar-refractivity contribution in [2.45, 2.75) is 104 Å². The van der Waals surface area contributed by atoms with Gasteiger partial charge in [0.25, 0.3) is 0 Å². The lowest BCUT2D eigenvalue weighted by molar-refractivity contribution is -0.00527. The van der Waals surface area contributed by atoms with Crippen LogP contribution in [0.25, 0.3) is 0 Å². The molecule has 1 heterocycles. The van der Waals surface area contributed by atoms with Crippen LogP contribution in [0.4, 0.5) is 5.69 Å². The minimum Gasteiger partial charge on any atom is -0.372 e. The second kappa shape index (κ2) is 10.5. The summed E-state index contributed by atoms with van der Waals surface area (Å²) in [7, 11) is -2.98. The molecule has 30 heavy (non-hydrogen) atoms. The Morgan fingerprint density at radius 3 is 1.97 bits per heavy atom. The van der Waals surface area contributed by atoms with Gasteiger partial charge in [-0.3, -0.25) is 0 Å². The van der Waals surface area contributed by atoms with Crippen LogP contribution in [-0.4, -0.2) is 44.2 Å². The molecule has 2 atom stereocenters. The van der Waals surface area contributed by atoms with Gasteiger partial charge in [0.2, 0.25) is 0 Å². The van der Waals surface area contributed by atoms with Crippen LogP contribution in [-0.2, 0) is 21.0 Å². The number of hydrogen-bond donors (Lipinski definition) is 0. The highest BCUT2D eigenvalue weighted by Gasteiger charge is 2.28. The molecule has 1 aliphatic heterocycles. The molecular weight excluding hydrogens is 394 g/mol. The molecule has 0 amide bonds. The minimum absolute atomic E-state index is 0.269. The average Bonchev–Trinajstić information content (AvgIpc) is 2.58. The van der Waals surface area contributed by atoms with E-state index in [4.69, 9.17) is 4.74 Å². The quantitative estimate of drug-likeness (QED) is 0.470. The summed E-state index contributed by atoms with van der Waals surface area (Å²) in [5.74, 6) is 0.315. The molecule has 0 aromatic heterocycles. The predicted octanol–water partition coefficient (Wildman–Crippen LogP) is 5.62. The van der Waals surface area contributed by atoms with E-state index in [1.54, 1.807) is 20.8 Å². The van der Waals surface area contributed by atoms with E-state index in [1.165, 1.54) is 22.4 Å². The first-order valence-corrected chi connectivity index (χ1v) is 13.3. The van der Waals surface area contributed by atoms with E-state index < -0.39 is 14.6 Å². The molecule has 0 spiro atoms. The van der Waals surface area contributed by atoms with Crippen molar-refractivity contribution in [1.82, 2.24) is 0 Å². The lowest BCUT2D eigenvalue weighted by Crippen LogP contribution is -2.46. The van der Waals surface area contributed by atoms with Gasteiger partial charge in [0.05, 0.1) is 22.7 Å². The Morgan fingerprint density at radius 1 is 0.933 bits per heavy atom. The molecule has 0 radical (unpaired) electrons. The first-order chi connectivity index (χ1) is 13.9. The van der Waals surface area contributed by atoms with Gasteiger partial charge in [-0.25, -0.2) is 8.42 Å². The molecule has 1 aliphatic rings. The number of nitrogens with zero attached hydrogens (tertiary/aromatic N) is 1. The highest BCUT2D eigenvalue weighted by atomic mass is 32.2. The second-order valence-corrected chi connectivity index (χ2v) is 13.1. The highest BCUT2D eigenvalue weighted by Crippen LogP contribution is 2.30. The smallest absolute Gasteiger partial charge is 0.155 e. The van der Waals surface area contributed by atoms with E-state index in [-0.39, 0.29) is 12.2 Å². The zero-order chi connectivity index (χ0) is 22.5. The average molecular weight is 438 g/mol. The van der Waals surface area contributed by atoms with E-state index >= 15 is 0 Å². The first-order valence-electron chi connectivity index (χ1n) is 11.6. The summed E-state index contributed by atoms with van der Waals surface area (Å²) in [4.78, 5) is 2.49. The van der Waals surface area contributed by atoms with Crippen molar-refractivity contribution < 1.29 is 13.2 Å². The Balaban J connectivity index is 1.79. The third-order valence-corrected chi connectivity index (χ3v) is 8.79. The highest BCUT2D eigenvalue weighted by molar-refractivity contribution is 7.92. The number of sulfone groups is 1. The van der Waals surface area contributed by atoms with Crippen molar-refractivity contribution in [3.63, 3.8) is 0 Å². The normalized spacial score (nSPS) is 20.6. The van der Waals surface area contributed by atoms with Crippen molar-refractivity contribution in [3.05, 3.63) is 28.8 Å². The third kappa shape index (κ3) is 6.98. The van der Waals surface area contributed by atoms with Gasteiger partial charge in [0.15, 0.2) is 9.84 Å². The van der Waals surface area contributed by atoms with Crippen molar-refractivity contribution in [2.24, 2.45) is 0 Å². The fourth-order valence-corrected chi connectivity index (χ4v) is 5.70. The summed E-state index contributed by atoms with van der Waals surface area (Å²) in [6.45, 7) is 16.0. The molecule has 0 saturated carbocycles. The van der Waals surface area contributed by atoms with Crippen molar-refractivity contribution in [2.75, 3.05) is 23.7 Å². The maximum atomic E-state index is 12.2. The van der Waals surface area contributed by atoms with Crippen LogP contribution in [0, 0.1) is 13.8 Å². The molecule has 0 N–H and O–H groups in total. The number of hydrogen-bond acceptors (Lipinski definition) is 4. The molecule has 0 aliphatic carbocycles. The SMILES string of the molecule is Cc1cc(CCCCCCCS(=O)(=O)C(C)(C)C)cc(C)c1N1C[C@@H](C)O[C@@H](C)C1. The molecule has 1 fully saturated rings. The molecule has 172 valence electrons. The number of rotatable bonds is 9. The molecule has 5 heteroatoms. The molecule has 1 saturated heterocycles. The van der Waals surface area contributed by atoms with Gasteiger partial charge in [0, 0.05) is 18.8 Å². The number of unbranched alkanes of at least 4 members (excludes halogenated alkanes) is 4. The van der Waals surface area contributed by atoms with Crippen LogP contribution in [0.3, 0.4) is 0 Å². The van der Waals surface area contributed by atoms with Gasteiger partial charge >= 0.3 is 0 Å². The fraction of sp³-hybridized carbons (Fsp3) is 0.760. The molecule has 1 aromatic rings. The number of benzene rings is 1. The standard InChI is InChI=1S/C25H43NO3S/c1-19-15-23(13-11-9-8-10-12-14-30(27,28)25(5,6)7)16-20(2)24(19)26-17-21(3)29-22(4)18-26/h15-16,21-22H,8-14,17-18H2,1-7H3/t21-,22+. The van der Waals surface area contributed by atoms with Crippen LogP contribution in [0.1, 0.15) is 83.4 Å². The Bertz CT molecular complexity index is 762. The zero-order valence-electron chi connectivity index (χ0n) is 20.3. The summed E-state index contributed by atoms with van der Waals surface area (Å²) >= 11 is 0. The molecule has 0 unspecified atom stereocenters. The first kappa shape index (κ1) is 25.2. The summed E-state index contributed by atoms with van der Waals surface area (Å²) < 4.78 is 29.6. The van der Waals surface area contributed by atoms with Gasteiger partial charge in [-0.05, 0) is 84.4 Å². The van der Waals surface area contributed by atoms with Crippen molar-refractivity contribution in [3.8, 4) is 0 Å². The maximum absolute atomic E-state index is 12.2. The minimum atomic E-state index is -2.98. The van der Waals surface area contributed by atoms with E-state index in [2.05, 4.69) is 44.7 Å². The molecule has 0 bridgehead atoms. The number of morpholine rings is 1. The second-order valence-electron chi connectivity index (χ2n) is 10.2. The van der Waals surface area contributed by atoms with Gasteiger partial charge < -0.3 is 9.64 Å².